The van der Waals surface area contributed by atoms with E-state index in [-0.39, 0.29) is 0 Å². The van der Waals surface area contributed by atoms with Gasteiger partial charge in [0.05, 0.1) is 12.6 Å². The van der Waals surface area contributed by atoms with E-state index in [2.05, 4.69) is 15.2 Å². The minimum Gasteiger partial charge on any atom is -0.370 e. The van der Waals surface area contributed by atoms with Gasteiger partial charge in [-0.25, -0.2) is 4.90 Å². The van der Waals surface area contributed by atoms with E-state index >= 15 is 0 Å². The maximum Gasteiger partial charge on any atom is 0.260 e. The van der Waals surface area contributed by atoms with Crippen LogP contribution in [0.5, 0.6) is 0 Å². The summed E-state index contributed by atoms with van der Waals surface area (Å²) in [7, 11) is 2.01. The van der Waals surface area contributed by atoms with Gasteiger partial charge in [0.15, 0.2) is 0 Å². The van der Waals surface area contributed by atoms with E-state index in [9.17, 15) is 0 Å². The van der Waals surface area contributed by atoms with E-state index in [1.165, 1.54) is 0 Å². The van der Waals surface area contributed by atoms with Gasteiger partial charge in [0, 0.05) is 19.0 Å². The predicted octanol–water partition coefficient (Wildman–Crippen LogP) is -0.294. The highest BCUT2D eigenvalue weighted by Crippen LogP contribution is 1.98. The van der Waals surface area contributed by atoms with Gasteiger partial charge >= 0.3 is 0 Å². The minimum atomic E-state index is 0.523. The fourth-order valence-electron chi connectivity index (χ4n) is 1.51. The Labute approximate surface area is 94.5 Å². The Morgan fingerprint density at radius 2 is 2.25 bits per heavy atom. The van der Waals surface area contributed by atoms with Crippen LogP contribution in [0, 0.1) is 0 Å². The number of nitrogens with zero attached hydrogens (tertiary/aromatic N) is 3. The molecule has 1 unspecified atom stereocenters. The van der Waals surface area contributed by atoms with Gasteiger partial charge in [-0.05, 0) is 19.1 Å². The second-order valence-electron chi connectivity index (χ2n) is 3.50. The molecule has 0 spiro atoms. The number of amidine groups is 2. The lowest BCUT2D eigenvalue weighted by atomic mass is 10.2. The number of likely N-dealkylation sites (N-methyl/N-ethyl adjacent to an activating group) is 1. The SMILES string of the molecule is CCOCC1=NN=C(c2cccnc2)[NH+]1C. The Kier molecular flexibility index (Phi) is 3.38. The summed E-state index contributed by atoms with van der Waals surface area (Å²) in [4.78, 5) is 5.15. The van der Waals surface area contributed by atoms with E-state index < -0.39 is 0 Å². The molecule has 2 rings (SSSR count). The molecule has 2 heterocycles. The second kappa shape index (κ2) is 4.96. The molecule has 0 amide bonds. The van der Waals surface area contributed by atoms with Crippen LogP contribution >= 0.6 is 0 Å². The molecule has 1 aromatic heterocycles. The first-order valence-electron chi connectivity index (χ1n) is 5.30. The third-order valence-electron chi connectivity index (χ3n) is 2.44. The maximum atomic E-state index is 5.33. The van der Waals surface area contributed by atoms with Crippen molar-refractivity contribution in [3.8, 4) is 0 Å². The van der Waals surface area contributed by atoms with Gasteiger partial charge in [-0.3, -0.25) is 4.98 Å². The molecular formula is C11H15N4O+. The monoisotopic (exact) mass is 219 g/mol. The van der Waals surface area contributed by atoms with Crippen molar-refractivity contribution in [2.75, 3.05) is 20.3 Å². The van der Waals surface area contributed by atoms with Crippen LogP contribution in [-0.4, -0.2) is 36.9 Å². The molecule has 5 nitrogen and oxygen atoms in total. The standard InChI is InChI=1S/C11H14N4O/c1-3-16-8-10-13-14-11(15(10)2)9-5-4-6-12-7-9/h4-7H,3,8H2,1-2H3/p+1. The van der Waals surface area contributed by atoms with Gasteiger partial charge in [0.2, 0.25) is 0 Å². The predicted molar refractivity (Wildman–Crippen MR) is 61.6 cm³/mol. The quantitative estimate of drug-likeness (QED) is 0.756. The molecule has 84 valence electrons. The number of quaternary nitrogens is 1. The number of rotatable bonds is 4. The Morgan fingerprint density at radius 3 is 2.94 bits per heavy atom. The van der Waals surface area contributed by atoms with Crippen LogP contribution in [0.15, 0.2) is 34.7 Å². The molecule has 0 saturated heterocycles. The van der Waals surface area contributed by atoms with Crippen molar-refractivity contribution in [2.45, 2.75) is 6.92 Å². The largest absolute Gasteiger partial charge is 0.370 e. The molecule has 5 heteroatoms. The van der Waals surface area contributed by atoms with Crippen LogP contribution in [0.4, 0.5) is 0 Å². The third-order valence-corrected chi connectivity index (χ3v) is 2.44. The van der Waals surface area contributed by atoms with E-state index in [4.69, 9.17) is 4.74 Å². The molecule has 1 atom stereocenters. The zero-order valence-electron chi connectivity index (χ0n) is 9.47. The molecule has 0 bridgehead atoms. The lowest BCUT2D eigenvalue weighted by Gasteiger charge is -2.09. The first kappa shape index (κ1) is 10.9. The zero-order chi connectivity index (χ0) is 11.4. The normalized spacial score (nSPS) is 19.5. The number of ether oxygens (including phenoxy) is 1. The summed E-state index contributed by atoms with van der Waals surface area (Å²) in [6, 6.07) is 3.88. The summed E-state index contributed by atoms with van der Waals surface area (Å²) >= 11 is 0. The van der Waals surface area contributed by atoms with Gasteiger partial charge in [0.1, 0.15) is 6.61 Å². The lowest BCUT2D eigenvalue weighted by molar-refractivity contribution is -0.673. The van der Waals surface area contributed by atoms with Crippen molar-refractivity contribution >= 4 is 11.7 Å². The van der Waals surface area contributed by atoms with Crippen LogP contribution in [0.3, 0.4) is 0 Å². The van der Waals surface area contributed by atoms with E-state index in [1.807, 2.05) is 26.1 Å². The summed E-state index contributed by atoms with van der Waals surface area (Å²) in [5.74, 6) is 1.79. The van der Waals surface area contributed by atoms with Gasteiger partial charge in [0.25, 0.3) is 11.7 Å². The summed E-state index contributed by atoms with van der Waals surface area (Å²) in [5.41, 5.74) is 0.996. The molecule has 1 aliphatic rings. The van der Waals surface area contributed by atoms with Crippen molar-refractivity contribution in [3.63, 3.8) is 0 Å². The topological polar surface area (TPSA) is 51.3 Å². The smallest absolute Gasteiger partial charge is 0.260 e. The molecular weight excluding hydrogens is 204 g/mol. The highest BCUT2D eigenvalue weighted by atomic mass is 16.5. The van der Waals surface area contributed by atoms with Crippen LogP contribution in [-0.2, 0) is 4.74 Å². The Hall–Kier alpha value is -1.59. The van der Waals surface area contributed by atoms with Crippen LogP contribution < -0.4 is 4.90 Å². The van der Waals surface area contributed by atoms with Crippen molar-refractivity contribution in [2.24, 2.45) is 10.2 Å². The maximum absolute atomic E-state index is 5.33. The number of hydrogen-bond acceptors (Lipinski definition) is 4. The van der Waals surface area contributed by atoms with E-state index in [0.717, 1.165) is 22.1 Å². The van der Waals surface area contributed by atoms with Crippen molar-refractivity contribution in [3.05, 3.63) is 30.1 Å². The van der Waals surface area contributed by atoms with Crippen LogP contribution in [0.2, 0.25) is 0 Å². The average Bonchev–Trinajstić information content (AvgIpc) is 2.69. The summed E-state index contributed by atoms with van der Waals surface area (Å²) in [6.45, 7) is 3.18. The molecule has 0 aromatic carbocycles. The van der Waals surface area contributed by atoms with Gasteiger partial charge < -0.3 is 4.74 Å². The highest BCUT2D eigenvalue weighted by molar-refractivity contribution is 6.00. The zero-order valence-corrected chi connectivity index (χ0v) is 9.47. The van der Waals surface area contributed by atoms with Gasteiger partial charge in [-0.15, -0.1) is 0 Å². The first-order valence-corrected chi connectivity index (χ1v) is 5.30. The van der Waals surface area contributed by atoms with E-state index in [1.54, 1.807) is 12.4 Å². The van der Waals surface area contributed by atoms with Crippen LogP contribution in [0.25, 0.3) is 0 Å². The van der Waals surface area contributed by atoms with Gasteiger partial charge in [-0.1, -0.05) is 10.2 Å². The fourth-order valence-corrected chi connectivity index (χ4v) is 1.51. The average molecular weight is 219 g/mol. The Bertz CT molecular complexity index is 413. The Balaban J connectivity index is 2.07. The van der Waals surface area contributed by atoms with Crippen molar-refractivity contribution < 1.29 is 9.64 Å². The molecule has 1 N–H and O–H groups in total. The number of nitrogens with one attached hydrogen (secondary N) is 1. The Morgan fingerprint density at radius 1 is 1.38 bits per heavy atom. The molecule has 1 aromatic rings. The molecule has 0 aliphatic carbocycles. The fraction of sp³-hybridized carbons (Fsp3) is 0.364. The molecule has 0 saturated carbocycles. The minimum absolute atomic E-state index is 0.523. The van der Waals surface area contributed by atoms with Gasteiger partial charge in [-0.2, -0.15) is 0 Å². The number of aromatic nitrogens is 1. The van der Waals surface area contributed by atoms with Crippen molar-refractivity contribution in [1.29, 1.82) is 0 Å². The molecule has 1 aliphatic heterocycles. The second-order valence-corrected chi connectivity index (χ2v) is 3.50. The summed E-state index contributed by atoms with van der Waals surface area (Å²) in [6.07, 6.45) is 3.54. The third kappa shape index (κ3) is 2.15. The summed E-state index contributed by atoms with van der Waals surface area (Å²) < 4.78 is 5.33. The number of hydrogen-bond donors (Lipinski definition) is 1. The molecule has 0 fully saturated rings. The molecule has 16 heavy (non-hydrogen) atoms. The lowest BCUT2D eigenvalue weighted by Crippen LogP contribution is -3.13. The highest BCUT2D eigenvalue weighted by Gasteiger charge is 2.26. The van der Waals surface area contributed by atoms with Crippen molar-refractivity contribution in [1.82, 2.24) is 4.98 Å². The van der Waals surface area contributed by atoms with Crippen LogP contribution in [0.1, 0.15) is 12.5 Å². The molecule has 0 radical (unpaired) electrons. The summed E-state index contributed by atoms with van der Waals surface area (Å²) in [5, 5.41) is 8.30. The number of pyridine rings is 1. The first-order chi connectivity index (χ1) is 7.83. The van der Waals surface area contributed by atoms with E-state index in [0.29, 0.717) is 13.2 Å².